The van der Waals surface area contributed by atoms with Gasteiger partial charge in [-0.1, -0.05) is 71.8 Å². The summed E-state index contributed by atoms with van der Waals surface area (Å²) in [6.07, 6.45) is 0. The van der Waals surface area contributed by atoms with Gasteiger partial charge in [0.15, 0.2) is 0 Å². The van der Waals surface area contributed by atoms with Gasteiger partial charge in [0, 0.05) is 21.8 Å². The summed E-state index contributed by atoms with van der Waals surface area (Å²) in [6.45, 7) is 2.03. The van der Waals surface area contributed by atoms with E-state index >= 15 is 0 Å². The van der Waals surface area contributed by atoms with Crippen LogP contribution in [0.5, 0.6) is 0 Å². The number of benzene rings is 3. The number of hydrogen-bond donors (Lipinski definition) is 1. The zero-order chi connectivity index (χ0) is 20.0. The number of hydrogen-bond acceptors (Lipinski definition) is 2. The number of halogens is 1. The van der Waals surface area contributed by atoms with Crippen LogP contribution in [0.25, 0.3) is 11.3 Å². The topological polar surface area (TPSA) is 49.0 Å². The predicted octanol–water partition coefficient (Wildman–Crippen LogP) is 5.79. The quantitative estimate of drug-likeness (QED) is 0.474. The Morgan fingerprint density at radius 3 is 2.31 bits per heavy atom. The van der Waals surface area contributed by atoms with Crippen LogP contribution in [0.3, 0.4) is 0 Å². The molecule has 0 saturated carbocycles. The van der Waals surface area contributed by atoms with Gasteiger partial charge < -0.3 is 0 Å². The lowest BCUT2D eigenvalue weighted by Gasteiger charge is -2.26. The number of aryl methyl sites for hydroxylation is 1. The number of aromatic amines is 1. The van der Waals surface area contributed by atoms with E-state index in [1.807, 2.05) is 90.7 Å². The highest BCUT2D eigenvalue weighted by Gasteiger charge is 2.43. The first-order valence-corrected chi connectivity index (χ1v) is 9.80. The van der Waals surface area contributed by atoms with Gasteiger partial charge in [0.05, 0.1) is 11.7 Å². The average Bonchev–Trinajstić information content (AvgIpc) is 3.29. The van der Waals surface area contributed by atoms with Gasteiger partial charge in [0.1, 0.15) is 5.69 Å². The van der Waals surface area contributed by atoms with Crippen LogP contribution < -0.4 is 4.90 Å². The van der Waals surface area contributed by atoms with E-state index in [9.17, 15) is 4.79 Å². The average molecular weight is 400 g/mol. The molecule has 1 atom stereocenters. The molecule has 5 heteroatoms. The van der Waals surface area contributed by atoms with Gasteiger partial charge in [0.2, 0.25) is 0 Å². The maximum absolute atomic E-state index is 13.4. The molecule has 0 aliphatic carbocycles. The van der Waals surface area contributed by atoms with Crippen LogP contribution in [0.15, 0.2) is 78.9 Å². The van der Waals surface area contributed by atoms with Crippen molar-refractivity contribution >= 4 is 23.2 Å². The van der Waals surface area contributed by atoms with Crippen LogP contribution in [-0.2, 0) is 0 Å². The highest BCUT2D eigenvalue weighted by molar-refractivity contribution is 6.30. The molecule has 0 bridgehead atoms. The number of aromatic nitrogens is 2. The fraction of sp³-hybridized carbons (Fsp3) is 0.0833. The minimum absolute atomic E-state index is 0.0847. The molecule has 142 valence electrons. The molecule has 29 heavy (non-hydrogen) atoms. The van der Waals surface area contributed by atoms with Crippen molar-refractivity contribution in [1.82, 2.24) is 10.2 Å². The number of H-pyrrole nitrogens is 1. The van der Waals surface area contributed by atoms with E-state index in [-0.39, 0.29) is 11.9 Å². The highest BCUT2D eigenvalue weighted by Crippen LogP contribution is 2.45. The van der Waals surface area contributed by atoms with Crippen molar-refractivity contribution in [2.45, 2.75) is 13.0 Å². The number of nitrogens with zero attached hydrogens (tertiary/aromatic N) is 2. The fourth-order valence-corrected chi connectivity index (χ4v) is 4.02. The maximum Gasteiger partial charge on any atom is 0.277 e. The molecule has 2 heterocycles. The van der Waals surface area contributed by atoms with Gasteiger partial charge in [-0.3, -0.25) is 14.8 Å². The minimum Gasteiger partial charge on any atom is -0.295 e. The van der Waals surface area contributed by atoms with Crippen molar-refractivity contribution in [3.8, 4) is 11.3 Å². The molecule has 1 aliphatic rings. The third-order valence-corrected chi connectivity index (χ3v) is 5.57. The molecule has 0 unspecified atom stereocenters. The molecule has 0 spiro atoms. The molecule has 0 radical (unpaired) electrons. The second-order valence-electron chi connectivity index (χ2n) is 7.19. The van der Waals surface area contributed by atoms with E-state index in [4.69, 9.17) is 11.6 Å². The zero-order valence-electron chi connectivity index (χ0n) is 15.8. The van der Waals surface area contributed by atoms with E-state index in [0.717, 1.165) is 33.6 Å². The molecule has 1 aliphatic heterocycles. The summed E-state index contributed by atoms with van der Waals surface area (Å²) in [4.78, 5) is 15.2. The SMILES string of the molecule is Cc1ccc(N2C(=O)c3[nH]nc(-c4ccccc4)c3[C@H]2c2ccc(Cl)cc2)cc1. The van der Waals surface area contributed by atoms with E-state index in [2.05, 4.69) is 10.2 Å². The van der Waals surface area contributed by atoms with E-state index in [1.165, 1.54) is 0 Å². The molecular formula is C24H18ClN3O. The van der Waals surface area contributed by atoms with Crippen LogP contribution in [0.2, 0.25) is 5.02 Å². The first kappa shape index (κ1) is 17.7. The van der Waals surface area contributed by atoms with E-state index in [0.29, 0.717) is 10.7 Å². The van der Waals surface area contributed by atoms with Gasteiger partial charge in [-0.25, -0.2) is 0 Å². The Morgan fingerprint density at radius 2 is 1.62 bits per heavy atom. The first-order valence-electron chi connectivity index (χ1n) is 9.43. The molecule has 1 aromatic heterocycles. The minimum atomic E-state index is -0.286. The van der Waals surface area contributed by atoms with Gasteiger partial charge in [-0.2, -0.15) is 5.10 Å². The number of carbonyl (C=O) groups is 1. The van der Waals surface area contributed by atoms with Crippen molar-refractivity contribution < 1.29 is 4.79 Å². The normalized spacial score (nSPS) is 15.6. The molecule has 1 amide bonds. The Labute approximate surface area is 173 Å². The lowest BCUT2D eigenvalue weighted by Crippen LogP contribution is -2.29. The molecule has 0 fully saturated rings. The van der Waals surface area contributed by atoms with Gasteiger partial charge in [-0.15, -0.1) is 0 Å². The van der Waals surface area contributed by atoms with Crippen molar-refractivity contribution in [1.29, 1.82) is 0 Å². The second kappa shape index (κ2) is 6.90. The molecule has 1 N–H and O–H groups in total. The summed E-state index contributed by atoms with van der Waals surface area (Å²) in [7, 11) is 0. The number of carbonyl (C=O) groups excluding carboxylic acids is 1. The number of anilines is 1. The molecule has 0 saturated heterocycles. The lowest BCUT2D eigenvalue weighted by molar-refractivity contribution is 0.0989. The van der Waals surface area contributed by atoms with Crippen molar-refractivity contribution in [3.63, 3.8) is 0 Å². The van der Waals surface area contributed by atoms with Crippen LogP contribution in [0, 0.1) is 6.92 Å². The van der Waals surface area contributed by atoms with Crippen molar-refractivity contribution in [2.24, 2.45) is 0 Å². The molecule has 3 aromatic carbocycles. The van der Waals surface area contributed by atoms with Gasteiger partial charge >= 0.3 is 0 Å². The first-order chi connectivity index (χ1) is 14.1. The molecule has 4 nitrogen and oxygen atoms in total. The Bertz CT molecular complexity index is 1180. The monoisotopic (exact) mass is 399 g/mol. The van der Waals surface area contributed by atoms with Gasteiger partial charge in [0.25, 0.3) is 5.91 Å². The second-order valence-corrected chi connectivity index (χ2v) is 7.63. The Morgan fingerprint density at radius 1 is 0.931 bits per heavy atom. The van der Waals surface area contributed by atoms with Crippen LogP contribution >= 0.6 is 11.6 Å². The zero-order valence-corrected chi connectivity index (χ0v) is 16.5. The number of nitrogens with one attached hydrogen (secondary N) is 1. The van der Waals surface area contributed by atoms with E-state index in [1.54, 1.807) is 0 Å². The third-order valence-electron chi connectivity index (χ3n) is 5.31. The summed E-state index contributed by atoms with van der Waals surface area (Å²) in [6, 6.07) is 25.3. The lowest BCUT2D eigenvalue weighted by atomic mass is 9.96. The highest BCUT2D eigenvalue weighted by atomic mass is 35.5. The Hall–Kier alpha value is -3.37. The van der Waals surface area contributed by atoms with Crippen molar-refractivity contribution in [2.75, 3.05) is 4.90 Å². The third kappa shape index (κ3) is 2.93. The smallest absolute Gasteiger partial charge is 0.277 e. The molecule has 5 rings (SSSR count). The summed E-state index contributed by atoms with van der Waals surface area (Å²) in [5, 5.41) is 8.15. The Balaban J connectivity index is 1.72. The van der Waals surface area contributed by atoms with Crippen LogP contribution in [-0.4, -0.2) is 16.1 Å². The summed E-state index contributed by atoms with van der Waals surface area (Å²) < 4.78 is 0. The molecular weight excluding hydrogens is 382 g/mol. The summed E-state index contributed by atoms with van der Waals surface area (Å²) >= 11 is 6.13. The van der Waals surface area contributed by atoms with Crippen LogP contribution in [0.4, 0.5) is 5.69 Å². The van der Waals surface area contributed by atoms with Gasteiger partial charge in [-0.05, 0) is 36.8 Å². The van der Waals surface area contributed by atoms with Crippen LogP contribution in [0.1, 0.15) is 33.2 Å². The number of fused-ring (bicyclic) bond motifs is 1. The van der Waals surface area contributed by atoms with Crippen molar-refractivity contribution in [3.05, 3.63) is 106 Å². The largest absolute Gasteiger partial charge is 0.295 e. The number of rotatable bonds is 3. The standard InChI is InChI=1S/C24H18ClN3O/c1-15-7-13-19(14-8-15)28-23(17-9-11-18(25)12-10-17)20-21(16-5-3-2-4-6-16)26-27-22(20)24(28)29/h2-14,23H,1H3,(H,26,27)/t23-/m1/s1. The summed E-state index contributed by atoms with van der Waals surface area (Å²) in [5.41, 5.74) is 6.18. The fourth-order valence-electron chi connectivity index (χ4n) is 3.90. The molecule has 4 aromatic rings. The number of amides is 1. The Kier molecular flexibility index (Phi) is 4.22. The predicted molar refractivity (Wildman–Crippen MR) is 115 cm³/mol. The maximum atomic E-state index is 13.4. The summed E-state index contributed by atoms with van der Waals surface area (Å²) in [5.74, 6) is -0.0847. The van der Waals surface area contributed by atoms with E-state index < -0.39 is 0 Å².